The zero-order chi connectivity index (χ0) is 7.28. The number of carbonyl (C=O) groups is 1. The summed E-state index contributed by atoms with van der Waals surface area (Å²) in [5.41, 5.74) is -1.13. The van der Waals surface area contributed by atoms with Crippen LogP contribution in [0.3, 0.4) is 0 Å². The maximum atomic E-state index is 12.6. The Hall–Kier alpha value is 0.180. The van der Waals surface area contributed by atoms with Gasteiger partial charge in [0.25, 0.3) is 0 Å². The minimum absolute atomic E-state index is 0.0316. The van der Waals surface area contributed by atoms with Crippen molar-refractivity contribution in [2.75, 3.05) is 0 Å². The van der Waals surface area contributed by atoms with Gasteiger partial charge in [-0.15, -0.1) is 0 Å². The zero-order valence-corrected chi connectivity index (χ0v) is 6.26. The second-order valence-corrected chi connectivity index (χ2v) is 3.43. The summed E-state index contributed by atoms with van der Waals surface area (Å²) in [7, 11) is 0. The van der Waals surface area contributed by atoms with Gasteiger partial charge in [0.1, 0.15) is 0 Å². The maximum Gasteiger partial charge on any atom is 0.232 e. The summed E-state index contributed by atoms with van der Waals surface area (Å²) >= 11 is 10.2. The van der Waals surface area contributed by atoms with E-state index in [9.17, 15) is 9.18 Å². The highest BCUT2D eigenvalue weighted by Crippen LogP contribution is 2.62. The lowest BCUT2D eigenvalue weighted by molar-refractivity contribution is -0.116. The average Bonchev–Trinajstić information content (AvgIpc) is 2.08. The maximum absolute atomic E-state index is 12.6. The Morgan fingerprint density at radius 3 is 2.11 bits per heavy atom. The van der Waals surface area contributed by atoms with Gasteiger partial charge >= 0.3 is 0 Å². The zero-order valence-electron chi connectivity index (χ0n) is 4.75. The van der Waals surface area contributed by atoms with Crippen LogP contribution in [-0.2, 0) is 4.79 Å². The van der Waals surface area contributed by atoms with E-state index >= 15 is 0 Å². The summed E-state index contributed by atoms with van der Waals surface area (Å²) in [4.78, 5) is 10.4. The molecule has 0 aromatic carbocycles. The van der Waals surface area contributed by atoms with Crippen molar-refractivity contribution in [3.8, 4) is 0 Å². The third kappa shape index (κ3) is 0.849. The third-order valence-corrected chi connectivity index (χ3v) is 2.66. The predicted octanol–water partition coefficient (Wildman–Crippen LogP) is 2.07. The first kappa shape index (κ1) is 7.29. The molecule has 1 fully saturated rings. The van der Waals surface area contributed by atoms with Crippen LogP contribution in [0.15, 0.2) is 0 Å². The van der Waals surface area contributed by atoms with E-state index in [0.29, 0.717) is 0 Å². The molecular weight excluding hydrogens is 166 g/mol. The Morgan fingerprint density at radius 2 is 2.11 bits per heavy atom. The lowest BCUT2D eigenvalue weighted by Gasteiger charge is -2.01. The van der Waals surface area contributed by atoms with Crippen LogP contribution in [0.2, 0.25) is 0 Å². The molecule has 0 spiro atoms. The van der Waals surface area contributed by atoms with E-state index in [1.165, 1.54) is 6.92 Å². The molecule has 0 saturated heterocycles. The first-order chi connectivity index (χ1) is 3.90. The first-order valence-electron chi connectivity index (χ1n) is 2.48. The van der Waals surface area contributed by atoms with Crippen LogP contribution >= 0.6 is 23.2 Å². The Bertz CT molecular complexity index is 168. The lowest BCUT2D eigenvalue weighted by Crippen LogP contribution is -2.12. The summed E-state index contributed by atoms with van der Waals surface area (Å²) < 4.78 is 12.6. The number of carbonyl (C=O) groups excluding carboxylic acids is 1. The predicted molar refractivity (Wildman–Crippen MR) is 33.3 cm³/mol. The molecule has 0 aromatic heterocycles. The summed E-state index contributed by atoms with van der Waals surface area (Å²) in [6.45, 7) is 1.41. The monoisotopic (exact) mass is 170 g/mol. The van der Waals surface area contributed by atoms with E-state index < -0.39 is 15.8 Å². The van der Waals surface area contributed by atoms with E-state index in [-0.39, 0.29) is 6.42 Å². The Labute approximate surface area is 62.1 Å². The van der Waals surface area contributed by atoms with Gasteiger partial charge in [0.2, 0.25) is 5.24 Å². The number of hydrogen-bond donors (Lipinski definition) is 0. The second-order valence-electron chi connectivity index (χ2n) is 2.49. The molecule has 0 heterocycles. The highest BCUT2D eigenvalue weighted by Gasteiger charge is 2.69. The van der Waals surface area contributed by atoms with Crippen LogP contribution < -0.4 is 0 Å². The number of hydrogen-bond acceptors (Lipinski definition) is 1. The van der Waals surface area contributed by atoms with Gasteiger partial charge in [-0.2, -0.15) is 0 Å². The highest BCUT2D eigenvalue weighted by atomic mass is 35.5. The first-order valence-corrected chi connectivity index (χ1v) is 3.23. The van der Waals surface area contributed by atoms with Gasteiger partial charge < -0.3 is 0 Å². The molecular formula is C5H5Cl2FO. The van der Waals surface area contributed by atoms with Crippen molar-refractivity contribution in [3.63, 3.8) is 0 Å². The number of alkyl halides is 2. The molecule has 0 aliphatic heterocycles. The van der Waals surface area contributed by atoms with Gasteiger partial charge in [-0.1, -0.05) is 11.6 Å². The van der Waals surface area contributed by atoms with Crippen LogP contribution in [0, 0.1) is 5.41 Å². The Kier molecular flexibility index (Phi) is 1.30. The van der Waals surface area contributed by atoms with Crippen molar-refractivity contribution < 1.29 is 9.18 Å². The van der Waals surface area contributed by atoms with Crippen LogP contribution in [0.25, 0.3) is 0 Å². The van der Waals surface area contributed by atoms with Crippen LogP contribution in [0.1, 0.15) is 13.3 Å². The van der Waals surface area contributed by atoms with Crippen LogP contribution in [-0.4, -0.2) is 10.4 Å². The van der Waals surface area contributed by atoms with Crippen molar-refractivity contribution in [1.29, 1.82) is 0 Å². The molecule has 1 aliphatic carbocycles. The summed E-state index contributed by atoms with van der Waals surface area (Å²) in [6.07, 6.45) is 0.0316. The molecule has 1 nitrogen and oxygen atoms in total. The van der Waals surface area contributed by atoms with Gasteiger partial charge in [-0.05, 0) is 18.5 Å². The summed E-state index contributed by atoms with van der Waals surface area (Å²) in [6, 6.07) is 0. The minimum Gasteiger partial charge on any atom is -0.281 e. The molecule has 1 rings (SSSR count). The van der Waals surface area contributed by atoms with Gasteiger partial charge in [-0.25, -0.2) is 4.39 Å². The SMILES string of the molecule is C[C@@]1(C(=O)Cl)C[C@]1(F)Cl. The Balaban J connectivity index is 2.74. The molecule has 0 radical (unpaired) electrons. The molecule has 2 atom stereocenters. The minimum atomic E-state index is -1.88. The van der Waals surface area contributed by atoms with Crippen molar-refractivity contribution in [2.45, 2.75) is 18.5 Å². The molecule has 0 amide bonds. The quantitative estimate of drug-likeness (QED) is 0.435. The van der Waals surface area contributed by atoms with Crippen molar-refractivity contribution in [2.24, 2.45) is 5.41 Å². The summed E-state index contributed by atoms with van der Waals surface area (Å²) in [5.74, 6) is 0. The third-order valence-electron chi connectivity index (χ3n) is 1.69. The fraction of sp³-hybridized carbons (Fsp3) is 0.800. The topological polar surface area (TPSA) is 17.1 Å². The highest BCUT2D eigenvalue weighted by molar-refractivity contribution is 6.66. The number of halogens is 3. The standard InChI is InChI=1S/C5H5Cl2FO/c1-4(3(6)9)2-5(4,7)8/h2H2,1H3/t4-,5+/m0/s1. The van der Waals surface area contributed by atoms with Crippen molar-refractivity contribution in [1.82, 2.24) is 0 Å². The van der Waals surface area contributed by atoms with Crippen molar-refractivity contribution >= 4 is 28.4 Å². The summed E-state index contributed by atoms with van der Waals surface area (Å²) in [5, 5.41) is -2.58. The lowest BCUT2D eigenvalue weighted by atomic mass is 10.2. The normalized spacial score (nSPS) is 48.9. The molecule has 0 bridgehead atoms. The molecule has 1 saturated carbocycles. The second kappa shape index (κ2) is 1.61. The fourth-order valence-corrected chi connectivity index (χ4v) is 1.23. The molecule has 0 aromatic rings. The molecule has 0 unspecified atom stereocenters. The van der Waals surface area contributed by atoms with Gasteiger partial charge in [0.05, 0.1) is 5.41 Å². The van der Waals surface area contributed by atoms with E-state index in [1.807, 2.05) is 0 Å². The van der Waals surface area contributed by atoms with Gasteiger partial charge in [0, 0.05) is 6.42 Å². The van der Waals surface area contributed by atoms with E-state index in [2.05, 4.69) is 0 Å². The average molecular weight is 171 g/mol. The van der Waals surface area contributed by atoms with E-state index in [0.717, 1.165) is 0 Å². The largest absolute Gasteiger partial charge is 0.281 e. The molecule has 0 N–H and O–H groups in total. The molecule has 52 valence electrons. The smallest absolute Gasteiger partial charge is 0.232 e. The molecule has 4 heteroatoms. The Morgan fingerprint density at radius 1 is 1.78 bits per heavy atom. The fourth-order valence-electron chi connectivity index (χ4n) is 0.613. The van der Waals surface area contributed by atoms with E-state index in [4.69, 9.17) is 23.2 Å². The van der Waals surface area contributed by atoms with Crippen LogP contribution in [0.4, 0.5) is 4.39 Å². The van der Waals surface area contributed by atoms with Gasteiger partial charge in [0.15, 0.2) is 5.13 Å². The van der Waals surface area contributed by atoms with Crippen LogP contribution in [0.5, 0.6) is 0 Å². The van der Waals surface area contributed by atoms with Gasteiger partial charge in [-0.3, -0.25) is 4.79 Å². The van der Waals surface area contributed by atoms with Crippen molar-refractivity contribution in [3.05, 3.63) is 0 Å². The molecule has 1 aliphatic rings. The number of rotatable bonds is 1. The van der Waals surface area contributed by atoms with E-state index in [1.54, 1.807) is 0 Å². The molecule has 9 heavy (non-hydrogen) atoms.